The first-order chi connectivity index (χ1) is 14.6. The Kier molecular flexibility index (Phi) is 4.51. The molecule has 0 bridgehead atoms. The molecule has 30 heavy (non-hydrogen) atoms. The van der Waals surface area contributed by atoms with Crippen molar-refractivity contribution in [3.05, 3.63) is 101 Å². The summed E-state index contributed by atoms with van der Waals surface area (Å²) in [5.74, 6) is -0.328. The van der Waals surface area contributed by atoms with Gasteiger partial charge in [-0.1, -0.05) is 48.0 Å². The summed E-state index contributed by atoms with van der Waals surface area (Å²) in [5, 5.41) is 4.13. The number of rotatable bonds is 2. The summed E-state index contributed by atoms with van der Waals surface area (Å²) in [6, 6.07) is 22.0. The van der Waals surface area contributed by atoms with Crippen LogP contribution >= 0.6 is 0 Å². The van der Waals surface area contributed by atoms with E-state index in [9.17, 15) is 9.18 Å². The highest BCUT2D eigenvalue weighted by Crippen LogP contribution is 2.38. The number of anilines is 1. The average Bonchev–Trinajstić information content (AvgIpc) is 3.14. The molecule has 3 aromatic carbocycles. The minimum absolute atomic E-state index is 0.198. The van der Waals surface area contributed by atoms with Crippen LogP contribution in [0.15, 0.2) is 72.8 Å². The van der Waals surface area contributed by atoms with E-state index >= 15 is 0 Å². The molecule has 1 aromatic heterocycles. The average molecular weight is 399 g/mol. The van der Waals surface area contributed by atoms with Crippen molar-refractivity contribution in [3.63, 3.8) is 0 Å². The molecule has 4 nitrogen and oxygen atoms in total. The topological polar surface area (TPSA) is 48.1 Å². The van der Waals surface area contributed by atoms with Crippen LogP contribution in [0.3, 0.4) is 0 Å². The zero-order valence-corrected chi connectivity index (χ0v) is 16.7. The van der Waals surface area contributed by atoms with Crippen molar-refractivity contribution in [3.8, 4) is 0 Å². The SMILES string of the molecule is Cc1ccc([C@H]2c3[nH]c4ccccc4c3CCN2C(=O)Nc2ccc(F)cc2)cc1. The predicted octanol–water partition coefficient (Wildman–Crippen LogP) is 5.80. The third kappa shape index (κ3) is 3.22. The highest BCUT2D eigenvalue weighted by atomic mass is 19.1. The molecule has 5 rings (SSSR count). The molecule has 0 saturated carbocycles. The van der Waals surface area contributed by atoms with Crippen molar-refractivity contribution in [2.24, 2.45) is 0 Å². The highest BCUT2D eigenvalue weighted by Gasteiger charge is 2.34. The number of fused-ring (bicyclic) bond motifs is 3. The number of para-hydroxylation sites is 1. The zero-order valence-electron chi connectivity index (χ0n) is 16.7. The molecule has 0 spiro atoms. The molecular weight excluding hydrogens is 377 g/mol. The minimum atomic E-state index is -0.328. The van der Waals surface area contributed by atoms with Crippen molar-refractivity contribution in [2.45, 2.75) is 19.4 Å². The van der Waals surface area contributed by atoms with E-state index in [0.29, 0.717) is 12.2 Å². The fraction of sp³-hybridized carbons (Fsp3) is 0.160. The highest BCUT2D eigenvalue weighted by molar-refractivity contribution is 5.91. The van der Waals surface area contributed by atoms with E-state index in [1.807, 2.05) is 17.0 Å². The molecule has 2 heterocycles. The first kappa shape index (κ1) is 18.4. The van der Waals surface area contributed by atoms with Crippen LogP contribution in [0.5, 0.6) is 0 Å². The molecule has 0 aliphatic carbocycles. The van der Waals surface area contributed by atoms with E-state index < -0.39 is 0 Å². The van der Waals surface area contributed by atoms with Crippen LogP contribution in [0.1, 0.15) is 28.4 Å². The van der Waals surface area contributed by atoms with Gasteiger partial charge in [-0.05, 0) is 54.8 Å². The Bertz CT molecular complexity index is 1210. The lowest BCUT2D eigenvalue weighted by Gasteiger charge is -2.36. The van der Waals surface area contributed by atoms with Gasteiger partial charge in [0, 0.05) is 28.8 Å². The Labute approximate surface area is 174 Å². The maximum atomic E-state index is 13.2. The summed E-state index contributed by atoms with van der Waals surface area (Å²) in [6.45, 7) is 2.65. The van der Waals surface area contributed by atoms with Gasteiger partial charge >= 0.3 is 6.03 Å². The van der Waals surface area contributed by atoms with E-state index in [2.05, 4.69) is 53.6 Å². The number of aromatic amines is 1. The van der Waals surface area contributed by atoms with Gasteiger partial charge in [-0.2, -0.15) is 0 Å². The number of carbonyl (C=O) groups excluding carboxylic acids is 1. The molecule has 0 fully saturated rings. The largest absolute Gasteiger partial charge is 0.356 e. The van der Waals surface area contributed by atoms with Gasteiger partial charge in [0.1, 0.15) is 5.82 Å². The van der Waals surface area contributed by atoms with Gasteiger partial charge in [-0.3, -0.25) is 0 Å². The summed E-state index contributed by atoms with van der Waals surface area (Å²) in [6.07, 6.45) is 0.776. The van der Waals surface area contributed by atoms with Crippen LogP contribution in [0, 0.1) is 12.7 Å². The Morgan fingerprint density at radius 3 is 2.53 bits per heavy atom. The van der Waals surface area contributed by atoms with Crippen LogP contribution in [0.2, 0.25) is 0 Å². The zero-order chi connectivity index (χ0) is 20.7. The van der Waals surface area contributed by atoms with Crippen LogP contribution in [-0.4, -0.2) is 22.5 Å². The lowest BCUT2D eigenvalue weighted by molar-refractivity contribution is 0.193. The number of halogens is 1. The van der Waals surface area contributed by atoms with Gasteiger partial charge in [0.25, 0.3) is 0 Å². The van der Waals surface area contributed by atoms with Crippen LogP contribution in [0.4, 0.5) is 14.9 Å². The first-order valence-electron chi connectivity index (χ1n) is 10.1. The second kappa shape index (κ2) is 7.34. The van der Waals surface area contributed by atoms with E-state index in [1.165, 1.54) is 28.6 Å². The fourth-order valence-electron chi connectivity index (χ4n) is 4.28. The molecule has 1 atom stereocenters. The van der Waals surface area contributed by atoms with Crippen molar-refractivity contribution in [1.82, 2.24) is 9.88 Å². The van der Waals surface area contributed by atoms with E-state index in [4.69, 9.17) is 0 Å². The van der Waals surface area contributed by atoms with Crippen molar-refractivity contribution in [1.29, 1.82) is 0 Å². The van der Waals surface area contributed by atoms with Gasteiger partial charge in [0.15, 0.2) is 0 Å². The number of aryl methyl sites for hydroxylation is 1. The van der Waals surface area contributed by atoms with Crippen molar-refractivity contribution >= 4 is 22.6 Å². The number of hydrogen-bond donors (Lipinski definition) is 2. The van der Waals surface area contributed by atoms with Crippen molar-refractivity contribution < 1.29 is 9.18 Å². The predicted molar refractivity (Wildman–Crippen MR) is 117 cm³/mol. The summed E-state index contributed by atoms with van der Waals surface area (Å²) < 4.78 is 13.2. The number of nitrogens with one attached hydrogen (secondary N) is 2. The second-order valence-electron chi connectivity index (χ2n) is 7.76. The molecule has 4 aromatic rings. The fourth-order valence-corrected chi connectivity index (χ4v) is 4.28. The maximum Gasteiger partial charge on any atom is 0.322 e. The van der Waals surface area contributed by atoms with Gasteiger partial charge in [0.2, 0.25) is 0 Å². The van der Waals surface area contributed by atoms with Gasteiger partial charge in [-0.15, -0.1) is 0 Å². The number of nitrogens with zero attached hydrogens (tertiary/aromatic N) is 1. The molecule has 0 radical (unpaired) electrons. The maximum absolute atomic E-state index is 13.2. The number of urea groups is 1. The normalized spacial score (nSPS) is 15.8. The summed E-state index contributed by atoms with van der Waals surface area (Å²) in [5.41, 5.74) is 6.21. The van der Waals surface area contributed by atoms with Crippen LogP contribution in [0.25, 0.3) is 10.9 Å². The lowest BCUT2D eigenvalue weighted by atomic mass is 9.92. The molecule has 0 saturated heterocycles. The molecule has 1 aliphatic heterocycles. The lowest BCUT2D eigenvalue weighted by Crippen LogP contribution is -2.43. The monoisotopic (exact) mass is 399 g/mol. The molecule has 0 unspecified atom stereocenters. The molecule has 150 valence electrons. The Balaban J connectivity index is 1.56. The summed E-state index contributed by atoms with van der Waals surface area (Å²) in [4.78, 5) is 18.7. The van der Waals surface area contributed by atoms with Crippen LogP contribution < -0.4 is 5.32 Å². The van der Waals surface area contributed by atoms with Crippen molar-refractivity contribution in [2.75, 3.05) is 11.9 Å². The summed E-state index contributed by atoms with van der Waals surface area (Å²) in [7, 11) is 0. The van der Waals surface area contributed by atoms with Gasteiger partial charge < -0.3 is 15.2 Å². The molecule has 1 aliphatic rings. The third-order valence-corrected chi connectivity index (χ3v) is 5.78. The van der Waals surface area contributed by atoms with Gasteiger partial charge in [0.05, 0.1) is 6.04 Å². The Morgan fingerprint density at radius 1 is 1.03 bits per heavy atom. The number of benzene rings is 3. The standard InChI is InChI=1S/C25H22FN3O/c1-16-6-8-17(9-7-16)24-23-21(20-4-2-3-5-22(20)28-23)14-15-29(24)25(30)27-19-12-10-18(26)11-13-19/h2-13,24,28H,14-15H2,1H3,(H,27,30)/t24-/m0/s1. The van der Waals surface area contributed by atoms with E-state index in [-0.39, 0.29) is 17.9 Å². The number of amides is 2. The third-order valence-electron chi connectivity index (χ3n) is 5.78. The second-order valence-corrected chi connectivity index (χ2v) is 7.76. The minimum Gasteiger partial charge on any atom is -0.356 e. The Morgan fingerprint density at radius 2 is 1.77 bits per heavy atom. The smallest absolute Gasteiger partial charge is 0.322 e. The number of H-pyrrole nitrogens is 1. The van der Waals surface area contributed by atoms with E-state index in [1.54, 1.807) is 12.1 Å². The number of hydrogen-bond acceptors (Lipinski definition) is 1. The Hall–Kier alpha value is -3.60. The quantitative estimate of drug-likeness (QED) is 0.440. The number of carbonyl (C=O) groups is 1. The van der Waals surface area contributed by atoms with Crippen LogP contribution in [-0.2, 0) is 6.42 Å². The molecule has 5 heteroatoms. The van der Waals surface area contributed by atoms with Gasteiger partial charge in [-0.25, -0.2) is 9.18 Å². The first-order valence-corrected chi connectivity index (χ1v) is 10.1. The molecule has 2 N–H and O–H groups in total. The molecular formula is C25H22FN3O. The summed E-state index contributed by atoms with van der Waals surface area (Å²) >= 11 is 0. The number of aromatic nitrogens is 1. The van der Waals surface area contributed by atoms with E-state index in [0.717, 1.165) is 23.2 Å². The molecule has 2 amide bonds.